The van der Waals surface area contributed by atoms with Crippen molar-refractivity contribution in [2.24, 2.45) is 5.73 Å². The molecular formula is C19H19ClFN3O. The lowest BCUT2D eigenvalue weighted by atomic mass is 9.92. The predicted molar refractivity (Wildman–Crippen MR) is 99.9 cm³/mol. The van der Waals surface area contributed by atoms with E-state index in [0.717, 1.165) is 35.9 Å². The van der Waals surface area contributed by atoms with Gasteiger partial charge in [-0.15, -0.1) is 12.4 Å². The number of carbonyl (C=O) groups excluding carboxylic acids is 1. The molecule has 4 rings (SSSR count). The Balaban J connectivity index is 0.00000182. The van der Waals surface area contributed by atoms with Gasteiger partial charge in [-0.1, -0.05) is 0 Å². The van der Waals surface area contributed by atoms with E-state index >= 15 is 0 Å². The minimum absolute atomic E-state index is 0. The zero-order chi connectivity index (χ0) is 16.7. The van der Waals surface area contributed by atoms with Crippen LogP contribution in [0.4, 0.5) is 10.1 Å². The number of aromatic amines is 1. The lowest BCUT2D eigenvalue weighted by molar-refractivity contribution is 0.102. The van der Waals surface area contributed by atoms with Crippen molar-refractivity contribution in [1.29, 1.82) is 0 Å². The normalized spacial score (nSPS) is 16.2. The molecule has 1 amide bonds. The Bertz CT molecular complexity index is 920. The van der Waals surface area contributed by atoms with Crippen LogP contribution in [0.15, 0.2) is 42.5 Å². The van der Waals surface area contributed by atoms with E-state index in [4.69, 9.17) is 5.73 Å². The number of anilines is 1. The largest absolute Gasteiger partial charge is 0.358 e. The summed E-state index contributed by atoms with van der Waals surface area (Å²) in [6.07, 6.45) is 2.81. The lowest BCUT2D eigenvalue weighted by Gasteiger charge is -2.18. The minimum atomic E-state index is -0.358. The molecule has 0 bridgehead atoms. The average molecular weight is 360 g/mol. The Morgan fingerprint density at radius 1 is 1.20 bits per heavy atom. The van der Waals surface area contributed by atoms with E-state index in [1.807, 2.05) is 18.2 Å². The molecule has 3 aromatic rings. The van der Waals surface area contributed by atoms with E-state index in [0.29, 0.717) is 5.56 Å². The third-order valence-corrected chi connectivity index (χ3v) is 4.59. The molecule has 1 unspecified atom stereocenters. The third-order valence-electron chi connectivity index (χ3n) is 4.59. The van der Waals surface area contributed by atoms with Crippen LogP contribution in [-0.2, 0) is 12.8 Å². The van der Waals surface area contributed by atoms with Crippen LogP contribution in [0.25, 0.3) is 10.9 Å². The summed E-state index contributed by atoms with van der Waals surface area (Å²) < 4.78 is 13.0. The molecule has 4 nitrogen and oxygen atoms in total. The number of hydrogen-bond donors (Lipinski definition) is 3. The summed E-state index contributed by atoms with van der Waals surface area (Å²) in [7, 11) is 0. The molecule has 0 spiro atoms. The average Bonchev–Trinajstić information content (AvgIpc) is 2.93. The fourth-order valence-corrected chi connectivity index (χ4v) is 3.33. The molecule has 0 saturated heterocycles. The first kappa shape index (κ1) is 17.5. The maximum absolute atomic E-state index is 13.0. The highest BCUT2D eigenvalue weighted by Gasteiger charge is 2.20. The summed E-state index contributed by atoms with van der Waals surface area (Å²) in [5.74, 6) is -0.612. The number of H-pyrrole nitrogens is 1. The SMILES string of the molecule is Cl.NC1CCc2[nH]c3ccc(NC(=O)c4ccc(F)cc4)cc3c2C1. The first-order chi connectivity index (χ1) is 11.6. The molecule has 0 aliphatic heterocycles. The van der Waals surface area contributed by atoms with Gasteiger partial charge in [0.15, 0.2) is 0 Å². The number of nitrogens with one attached hydrogen (secondary N) is 2. The summed E-state index contributed by atoms with van der Waals surface area (Å²) in [6, 6.07) is 11.5. The highest BCUT2D eigenvalue weighted by molar-refractivity contribution is 6.05. The van der Waals surface area contributed by atoms with Gasteiger partial charge in [0.25, 0.3) is 5.91 Å². The van der Waals surface area contributed by atoms with Gasteiger partial charge in [-0.3, -0.25) is 4.79 Å². The molecule has 6 heteroatoms. The highest BCUT2D eigenvalue weighted by Crippen LogP contribution is 2.30. The molecule has 0 fully saturated rings. The van der Waals surface area contributed by atoms with Gasteiger partial charge in [-0.25, -0.2) is 4.39 Å². The molecular weight excluding hydrogens is 341 g/mol. The van der Waals surface area contributed by atoms with Crippen molar-refractivity contribution in [2.75, 3.05) is 5.32 Å². The Hall–Kier alpha value is -2.37. The van der Waals surface area contributed by atoms with E-state index in [2.05, 4.69) is 10.3 Å². The number of hydrogen-bond acceptors (Lipinski definition) is 2. The molecule has 1 aliphatic rings. The van der Waals surface area contributed by atoms with E-state index in [1.54, 1.807) is 0 Å². The molecule has 2 aromatic carbocycles. The highest BCUT2D eigenvalue weighted by atomic mass is 35.5. The molecule has 1 heterocycles. The fourth-order valence-electron chi connectivity index (χ4n) is 3.33. The summed E-state index contributed by atoms with van der Waals surface area (Å²) in [6.45, 7) is 0. The summed E-state index contributed by atoms with van der Waals surface area (Å²) in [5.41, 5.74) is 10.8. The van der Waals surface area contributed by atoms with Crippen LogP contribution in [0.1, 0.15) is 28.0 Å². The topological polar surface area (TPSA) is 70.9 Å². The second-order valence-electron chi connectivity index (χ2n) is 6.31. The van der Waals surface area contributed by atoms with Gasteiger partial charge < -0.3 is 16.0 Å². The van der Waals surface area contributed by atoms with Crippen LogP contribution in [0.3, 0.4) is 0 Å². The Morgan fingerprint density at radius 3 is 2.72 bits per heavy atom. The second kappa shape index (κ2) is 6.86. The number of aromatic nitrogens is 1. The molecule has 0 saturated carbocycles. The molecule has 25 heavy (non-hydrogen) atoms. The van der Waals surface area contributed by atoms with E-state index < -0.39 is 0 Å². The van der Waals surface area contributed by atoms with Gasteiger partial charge in [0.2, 0.25) is 0 Å². The maximum Gasteiger partial charge on any atom is 0.255 e. The molecule has 1 aromatic heterocycles. The molecule has 0 radical (unpaired) electrons. The number of carbonyl (C=O) groups is 1. The van der Waals surface area contributed by atoms with Crippen LogP contribution in [0.5, 0.6) is 0 Å². The maximum atomic E-state index is 13.0. The Kier molecular flexibility index (Phi) is 4.79. The predicted octanol–water partition coefficient (Wildman–Crippen LogP) is 3.80. The summed E-state index contributed by atoms with van der Waals surface area (Å²) in [4.78, 5) is 15.7. The van der Waals surface area contributed by atoms with Crippen LogP contribution in [0, 0.1) is 5.82 Å². The van der Waals surface area contributed by atoms with Crippen molar-refractivity contribution >= 4 is 34.9 Å². The number of nitrogens with two attached hydrogens (primary N) is 1. The van der Waals surface area contributed by atoms with Crippen LogP contribution in [-0.4, -0.2) is 16.9 Å². The molecule has 4 N–H and O–H groups in total. The number of fused-ring (bicyclic) bond motifs is 3. The van der Waals surface area contributed by atoms with Crippen molar-refractivity contribution < 1.29 is 9.18 Å². The van der Waals surface area contributed by atoms with Gasteiger partial charge in [-0.2, -0.15) is 0 Å². The first-order valence-electron chi connectivity index (χ1n) is 8.06. The lowest BCUT2D eigenvalue weighted by Crippen LogP contribution is -2.27. The van der Waals surface area contributed by atoms with E-state index in [-0.39, 0.29) is 30.2 Å². The van der Waals surface area contributed by atoms with Crippen molar-refractivity contribution in [1.82, 2.24) is 4.98 Å². The van der Waals surface area contributed by atoms with Crippen LogP contribution < -0.4 is 11.1 Å². The quantitative estimate of drug-likeness (QED) is 0.651. The number of benzene rings is 2. The third kappa shape index (κ3) is 3.38. The van der Waals surface area contributed by atoms with E-state index in [1.165, 1.54) is 35.5 Å². The van der Waals surface area contributed by atoms with Gasteiger partial charge in [-0.05, 0) is 67.3 Å². The number of amides is 1. The second-order valence-corrected chi connectivity index (χ2v) is 6.31. The van der Waals surface area contributed by atoms with Crippen LogP contribution in [0.2, 0.25) is 0 Å². The first-order valence-corrected chi connectivity index (χ1v) is 8.06. The summed E-state index contributed by atoms with van der Waals surface area (Å²) >= 11 is 0. The van der Waals surface area contributed by atoms with Gasteiger partial charge >= 0.3 is 0 Å². The van der Waals surface area contributed by atoms with Crippen LogP contribution >= 0.6 is 12.4 Å². The van der Waals surface area contributed by atoms with Gasteiger partial charge in [0.1, 0.15) is 5.82 Å². The summed E-state index contributed by atoms with van der Waals surface area (Å²) in [5, 5.41) is 3.98. The monoisotopic (exact) mass is 359 g/mol. The van der Waals surface area contributed by atoms with Crippen molar-refractivity contribution in [3.8, 4) is 0 Å². The zero-order valence-electron chi connectivity index (χ0n) is 13.5. The zero-order valence-corrected chi connectivity index (χ0v) is 14.3. The van der Waals surface area contributed by atoms with Crippen molar-refractivity contribution in [2.45, 2.75) is 25.3 Å². The van der Waals surface area contributed by atoms with Gasteiger partial charge in [0.05, 0.1) is 0 Å². The standard InChI is InChI=1S/C19H18FN3O.ClH/c20-12-3-1-11(2-4-12)19(24)22-14-6-8-18-16(10-14)15-9-13(21)5-7-17(15)23-18;/h1-4,6,8,10,13,23H,5,7,9,21H2,(H,22,24);1H. The smallest absolute Gasteiger partial charge is 0.255 e. The van der Waals surface area contributed by atoms with Gasteiger partial charge in [0, 0.05) is 33.9 Å². The fraction of sp³-hybridized carbons (Fsp3) is 0.211. The number of aryl methyl sites for hydroxylation is 1. The Labute approximate surface area is 151 Å². The Morgan fingerprint density at radius 2 is 1.96 bits per heavy atom. The molecule has 1 aliphatic carbocycles. The number of halogens is 2. The number of rotatable bonds is 2. The van der Waals surface area contributed by atoms with Crippen molar-refractivity contribution in [3.05, 3.63) is 65.1 Å². The van der Waals surface area contributed by atoms with Crippen molar-refractivity contribution in [3.63, 3.8) is 0 Å². The van der Waals surface area contributed by atoms with E-state index in [9.17, 15) is 9.18 Å². The molecule has 1 atom stereocenters. The minimum Gasteiger partial charge on any atom is -0.358 e. The molecule has 130 valence electrons.